The van der Waals surface area contributed by atoms with E-state index in [1.807, 2.05) is 0 Å². The molecule has 12 heteroatoms. The Morgan fingerprint density at radius 2 is 1.37 bits per heavy atom. The number of hydrogen-bond donors (Lipinski definition) is 4. The molecule has 296 valence electrons. The highest BCUT2D eigenvalue weighted by atomic mass is 31.2. The van der Waals surface area contributed by atoms with Crippen LogP contribution in [0.15, 0.2) is 24.3 Å². The van der Waals surface area contributed by atoms with E-state index in [2.05, 4.69) is 30.5 Å². The van der Waals surface area contributed by atoms with Crippen LogP contribution < -0.4 is 0 Å². The summed E-state index contributed by atoms with van der Waals surface area (Å²) in [7, 11) is -4.82. The van der Waals surface area contributed by atoms with Crippen LogP contribution in [-0.4, -0.2) is 69.2 Å². The third-order valence-electron chi connectivity index (χ3n) is 9.35. The molecule has 1 fully saturated rings. The number of ether oxygens (including phenoxy) is 2. The van der Waals surface area contributed by atoms with E-state index in [0.29, 0.717) is 32.1 Å². The number of hydrogen-bond acceptors (Lipinski definition) is 9. The average Bonchev–Trinajstić information content (AvgIpc) is 3.35. The van der Waals surface area contributed by atoms with Gasteiger partial charge in [-0.05, 0) is 57.3 Å². The molecule has 4 N–H and O–H groups in total. The lowest BCUT2D eigenvalue weighted by Gasteiger charge is -2.19. The number of unbranched alkanes of at least 4 members (excludes halogenated alkanes) is 14. The lowest BCUT2D eigenvalue weighted by molar-refractivity contribution is -0.161. The topological polar surface area (TPSA) is 177 Å². The van der Waals surface area contributed by atoms with Crippen LogP contribution in [0.2, 0.25) is 0 Å². The Morgan fingerprint density at radius 1 is 0.804 bits per heavy atom. The summed E-state index contributed by atoms with van der Waals surface area (Å²) in [6.07, 6.45) is 25.2. The van der Waals surface area contributed by atoms with E-state index in [4.69, 9.17) is 19.3 Å². The van der Waals surface area contributed by atoms with Crippen molar-refractivity contribution < 1.29 is 52.9 Å². The Balaban J connectivity index is 2.31. The van der Waals surface area contributed by atoms with Crippen LogP contribution in [0.25, 0.3) is 0 Å². The van der Waals surface area contributed by atoms with Crippen molar-refractivity contribution >= 4 is 25.5 Å². The predicted molar refractivity (Wildman–Crippen MR) is 199 cm³/mol. The number of phosphoric ester groups is 1. The first-order valence-electron chi connectivity index (χ1n) is 19.7. The van der Waals surface area contributed by atoms with E-state index in [-0.39, 0.29) is 37.6 Å². The fourth-order valence-electron chi connectivity index (χ4n) is 6.33. The first kappa shape index (κ1) is 47.1. The van der Waals surface area contributed by atoms with Crippen molar-refractivity contribution in [2.75, 3.05) is 13.2 Å². The van der Waals surface area contributed by atoms with Crippen LogP contribution in [0.3, 0.4) is 0 Å². The first-order chi connectivity index (χ1) is 24.5. The molecule has 0 spiro atoms. The zero-order valence-electron chi connectivity index (χ0n) is 31.5. The van der Waals surface area contributed by atoms with Crippen molar-refractivity contribution in [2.24, 2.45) is 11.8 Å². The minimum absolute atomic E-state index is 0.00662. The molecule has 0 aliphatic heterocycles. The molecule has 5 atom stereocenters. The van der Waals surface area contributed by atoms with Crippen LogP contribution in [0, 0.1) is 11.8 Å². The number of esters is 2. The molecule has 0 aromatic heterocycles. The number of phosphoric acid groups is 1. The molecule has 11 nitrogen and oxygen atoms in total. The summed E-state index contributed by atoms with van der Waals surface area (Å²) < 4.78 is 26.3. The zero-order chi connectivity index (χ0) is 37.7. The van der Waals surface area contributed by atoms with Gasteiger partial charge < -0.3 is 29.5 Å². The van der Waals surface area contributed by atoms with Gasteiger partial charge in [-0.15, -0.1) is 0 Å². The summed E-state index contributed by atoms with van der Waals surface area (Å²) in [6.45, 7) is 3.35. The molecule has 1 aliphatic carbocycles. The first-order valence-corrected chi connectivity index (χ1v) is 21.3. The van der Waals surface area contributed by atoms with Gasteiger partial charge in [0.05, 0.1) is 18.8 Å². The van der Waals surface area contributed by atoms with Gasteiger partial charge in [-0.3, -0.25) is 18.9 Å². The number of carbonyl (C=O) groups excluding carboxylic acids is 3. The van der Waals surface area contributed by atoms with E-state index in [0.717, 1.165) is 70.6 Å². The van der Waals surface area contributed by atoms with E-state index in [1.165, 1.54) is 25.7 Å². The van der Waals surface area contributed by atoms with E-state index in [1.54, 1.807) is 12.2 Å². The van der Waals surface area contributed by atoms with Crippen molar-refractivity contribution in [3.63, 3.8) is 0 Å². The summed E-state index contributed by atoms with van der Waals surface area (Å²) in [5.41, 5.74) is 0. The minimum Gasteiger partial charge on any atom is -0.462 e. The summed E-state index contributed by atoms with van der Waals surface area (Å²) in [5, 5.41) is 20.7. The third kappa shape index (κ3) is 25.7. The van der Waals surface area contributed by atoms with Gasteiger partial charge >= 0.3 is 19.8 Å². The molecule has 0 aromatic carbocycles. The Bertz CT molecular complexity index is 1040. The van der Waals surface area contributed by atoms with Crippen LogP contribution in [0.1, 0.15) is 162 Å². The molecule has 0 amide bonds. The summed E-state index contributed by atoms with van der Waals surface area (Å²) in [4.78, 5) is 55.4. The Kier molecular flexibility index (Phi) is 27.3. The molecule has 0 bridgehead atoms. The average molecular weight is 745 g/mol. The second-order valence-corrected chi connectivity index (χ2v) is 15.3. The van der Waals surface area contributed by atoms with Gasteiger partial charge in [0.1, 0.15) is 12.4 Å². The summed E-state index contributed by atoms with van der Waals surface area (Å²) >= 11 is 0. The molecular weight excluding hydrogens is 675 g/mol. The molecular formula is C39H69O11P. The van der Waals surface area contributed by atoms with Crippen LogP contribution >= 0.6 is 7.82 Å². The number of ketones is 1. The highest BCUT2D eigenvalue weighted by Crippen LogP contribution is 2.36. The van der Waals surface area contributed by atoms with Gasteiger partial charge in [0.25, 0.3) is 0 Å². The Hall–Kier alpha value is -1.88. The molecule has 1 aliphatic rings. The SMILES string of the molecule is CCCCCC/C=C\CCCCCCCC(=O)OC[C@H](COP(=O)(O)O)OC(=O)CCCCCC[C@H]1[C@@H](O)CC(=O)[C@@H]1/C=C/[C@@H](O)CCCCC. The van der Waals surface area contributed by atoms with Crippen molar-refractivity contribution in [1.82, 2.24) is 0 Å². The fraction of sp³-hybridized carbons (Fsp3) is 0.821. The number of Topliss-reactive ketones (excluding diaryl/α,β-unsaturated/α-hetero) is 1. The Labute approximate surface area is 307 Å². The molecule has 51 heavy (non-hydrogen) atoms. The number of aliphatic hydroxyl groups excluding tert-OH is 2. The fourth-order valence-corrected chi connectivity index (χ4v) is 6.69. The quantitative estimate of drug-likeness (QED) is 0.0226. The van der Waals surface area contributed by atoms with Crippen molar-refractivity contribution in [1.29, 1.82) is 0 Å². The van der Waals surface area contributed by atoms with Gasteiger partial charge in [-0.2, -0.15) is 0 Å². The highest BCUT2D eigenvalue weighted by Gasteiger charge is 2.39. The monoisotopic (exact) mass is 744 g/mol. The van der Waals surface area contributed by atoms with Crippen LogP contribution in [-0.2, 0) is 32.9 Å². The number of carbonyl (C=O) groups is 3. The lowest BCUT2D eigenvalue weighted by atomic mass is 9.88. The zero-order valence-corrected chi connectivity index (χ0v) is 32.4. The molecule has 1 rings (SSSR count). The largest absolute Gasteiger partial charge is 0.469 e. The van der Waals surface area contributed by atoms with Crippen molar-refractivity contribution in [2.45, 2.75) is 180 Å². The van der Waals surface area contributed by atoms with Gasteiger partial charge in [-0.25, -0.2) is 4.57 Å². The molecule has 0 saturated heterocycles. The molecule has 0 aromatic rings. The maximum absolute atomic E-state index is 12.5. The maximum atomic E-state index is 12.5. The van der Waals surface area contributed by atoms with E-state index in [9.17, 15) is 29.2 Å². The smallest absolute Gasteiger partial charge is 0.462 e. The summed E-state index contributed by atoms with van der Waals surface area (Å²) in [5.74, 6) is -1.65. The molecule has 0 radical (unpaired) electrons. The Morgan fingerprint density at radius 3 is 2.02 bits per heavy atom. The van der Waals surface area contributed by atoms with E-state index >= 15 is 0 Å². The minimum atomic E-state index is -4.82. The second kappa shape index (κ2) is 29.6. The number of allylic oxidation sites excluding steroid dienone is 3. The maximum Gasteiger partial charge on any atom is 0.469 e. The van der Waals surface area contributed by atoms with Crippen molar-refractivity contribution in [3.8, 4) is 0 Å². The molecule has 0 unspecified atom stereocenters. The van der Waals surface area contributed by atoms with Gasteiger partial charge in [0, 0.05) is 25.2 Å². The van der Waals surface area contributed by atoms with Gasteiger partial charge in [-0.1, -0.05) is 115 Å². The summed E-state index contributed by atoms with van der Waals surface area (Å²) in [6, 6.07) is 0. The van der Waals surface area contributed by atoms with Crippen LogP contribution in [0.4, 0.5) is 0 Å². The van der Waals surface area contributed by atoms with Gasteiger partial charge in [0.15, 0.2) is 6.10 Å². The molecule has 0 heterocycles. The lowest BCUT2D eigenvalue weighted by Crippen LogP contribution is -2.29. The number of aliphatic hydroxyl groups is 2. The van der Waals surface area contributed by atoms with Crippen LogP contribution in [0.5, 0.6) is 0 Å². The normalized spacial score (nSPS) is 19.3. The molecule has 1 saturated carbocycles. The predicted octanol–water partition coefficient (Wildman–Crippen LogP) is 8.21. The van der Waals surface area contributed by atoms with Gasteiger partial charge in [0.2, 0.25) is 0 Å². The second-order valence-electron chi connectivity index (χ2n) is 14.0. The highest BCUT2D eigenvalue weighted by molar-refractivity contribution is 7.46. The standard InChI is InChI=1S/C39H69O11P/c1-3-5-7-8-9-10-11-12-13-14-15-16-21-25-38(43)48-30-33(31-49-51(45,46)47)50-39(44)26-22-18-17-20-24-34-35(37(42)29-36(34)41)28-27-32(40)23-19-6-4-2/h10-11,27-28,32-36,40-41H,3-9,12-26,29-31H2,1-2H3,(H2,45,46,47)/b11-10-,28-27+/t32-,33+,34+,35+,36-/m0/s1. The third-order valence-corrected chi connectivity index (χ3v) is 9.84. The van der Waals surface area contributed by atoms with E-state index < -0.39 is 50.6 Å². The number of rotatable bonds is 32. The van der Waals surface area contributed by atoms with Crippen molar-refractivity contribution in [3.05, 3.63) is 24.3 Å².